The lowest BCUT2D eigenvalue weighted by Gasteiger charge is -2.32. The van der Waals surface area contributed by atoms with Crippen molar-refractivity contribution in [2.24, 2.45) is 0 Å². The van der Waals surface area contributed by atoms with Crippen LogP contribution in [-0.4, -0.2) is 61.5 Å². The van der Waals surface area contributed by atoms with E-state index < -0.39 is 5.60 Å². The van der Waals surface area contributed by atoms with Crippen molar-refractivity contribution in [3.63, 3.8) is 0 Å². The summed E-state index contributed by atoms with van der Waals surface area (Å²) in [6, 6.07) is 4.10. The summed E-state index contributed by atoms with van der Waals surface area (Å²) in [5.74, 6) is 0.712. The molecule has 0 N–H and O–H groups in total. The topological polar surface area (TPSA) is 68.3 Å². The van der Waals surface area contributed by atoms with E-state index in [1.165, 1.54) is 5.56 Å². The van der Waals surface area contributed by atoms with Gasteiger partial charge in [-0.25, -0.2) is 4.79 Å². The average molecular weight is 402 g/mol. The molecule has 4 rings (SSSR count). The molecule has 0 radical (unpaired) electrons. The fourth-order valence-electron chi connectivity index (χ4n) is 4.12. The molecule has 158 valence electrons. The summed E-state index contributed by atoms with van der Waals surface area (Å²) in [5.41, 5.74) is 2.64. The Labute approximate surface area is 171 Å². The van der Waals surface area contributed by atoms with Crippen LogP contribution in [0.1, 0.15) is 44.7 Å². The number of benzene rings is 1. The van der Waals surface area contributed by atoms with Crippen LogP contribution in [0, 0.1) is 0 Å². The summed E-state index contributed by atoms with van der Waals surface area (Å²) >= 11 is 0. The molecule has 1 aromatic carbocycles. The molecule has 0 aliphatic carbocycles. The van der Waals surface area contributed by atoms with Gasteiger partial charge in [0.05, 0.1) is 18.3 Å². The Kier molecular flexibility index (Phi) is 5.42. The van der Waals surface area contributed by atoms with Gasteiger partial charge in [0.15, 0.2) is 6.61 Å². The van der Waals surface area contributed by atoms with Gasteiger partial charge in [-0.05, 0) is 69.7 Å². The van der Waals surface area contributed by atoms with Crippen molar-refractivity contribution in [2.45, 2.75) is 58.2 Å². The van der Waals surface area contributed by atoms with E-state index in [0.29, 0.717) is 19.6 Å². The van der Waals surface area contributed by atoms with E-state index in [-0.39, 0.29) is 24.7 Å². The molecule has 7 nitrogen and oxygen atoms in total. The van der Waals surface area contributed by atoms with Gasteiger partial charge in [0.1, 0.15) is 11.4 Å². The highest BCUT2D eigenvalue weighted by Gasteiger charge is 2.31. The zero-order valence-corrected chi connectivity index (χ0v) is 17.5. The smallest absolute Gasteiger partial charge is 0.410 e. The van der Waals surface area contributed by atoms with Gasteiger partial charge in [0, 0.05) is 19.7 Å². The summed E-state index contributed by atoms with van der Waals surface area (Å²) in [6.45, 7) is 8.23. The van der Waals surface area contributed by atoms with Crippen LogP contribution in [0.2, 0.25) is 0 Å². The number of rotatable bonds is 2. The molecule has 1 fully saturated rings. The van der Waals surface area contributed by atoms with Crippen LogP contribution in [0.5, 0.6) is 5.75 Å². The van der Waals surface area contributed by atoms with Gasteiger partial charge in [0.25, 0.3) is 5.91 Å². The van der Waals surface area contributed by atoms with E-state index in [9.17, 15) is 9.59 Å². The lowest BCUT2D eigenvalue weighted by molar-refractivity contribution is -0.121. The molecule has 3 heterocycles. The molecule has 1 atom stereocenters. The van der Waals surface area contributed by atoms with Gasteiger partial charge >= 0.3 is 6.09 Å². The minimum Gasteiger partial charge on any atom is -0.482 e. The van der Waals surface area contributed by atoms with Crippen LogP contribution in [0.4, 0.5) is 10.5 Å². The molecule has 0 spiro atoms. The number of carbonyl (C=O) groups excluding carboxylic acids is 2. The fourth-order valence-corrected chi connectivity index (χ4v) is 4.12. The maximum atomic E-state index is 12.5. The highest BCUT2D eigenvalue weighted by atomic mass is 16.6. The first-order chi connectivity index (χ1) is 13.8. The molecule has 3 aliphatic rings. The largest absolute Gasteiger partial charge is 0.482 e. The van der Waals surface area contributed by atoms with E-state index in [4.69, 9.17) is 14.2 Å². The van der Waals surface area contributed by atoms with E-state index in [1.807, 2.05) is 31.7 Å². The van der Waals surface area contributed by atoms with Crippen molar-refractivity contribution in [3.8, 4) is 5.75 Å². The second-order valence-corrected chi connectivity index (χ2v) is 8.98. The fraction of sp³-hybridized carbons (Fsp3) is 0.636. The lowest BCUT2D eigenvalue weighted by atomic mass is 10.00. The second-order valence-electron chi connectivity index (χ2n) is 8.98. The molecule has 2 amide bonds. The third kappa shape index (κ3) is 4.50. The standard InChI is InChI=1S/C22H30N2O5/c1-22(2,3)29-21(26)23-8-6-15-11-18-19(12-16(15)7-9-23)28-14-20(25)24(18)13-17-5-4-10-27-17/h11-12,17H,4-10,13-14H2,1-3H3/t17-/m1/s1. The maximum absolute atomic E-state index is 12.5. The molecule has 29 heavy (non-hydrogen) atoms. The average Bonchev–Trinajstić information content (AvgIpc) is 3.07. The molecular formula is C22H30N2O5. The Morgan fingerprint density at radius 2 is 1.93 bits per heavy atom. The maximum Gasteiger partial charge on any atom is 0.410 e. The Balaban J connectivity index is 1.53. The first kappa shape index (κ1) is 20.0. The molecule has 1 aromatic rings. The Hall–Kier alpha value is -2.28. The summed E-state index contributed by atoms with van der Waals surface area (Å²) in [7, 11) is 0. The summed E-state index contributed by atoms with van der Waals surface area (Å²) in [6.07, 6.45) is 3.30. The van der Waals surface area contributed by atoms with Crippen molar-refractivity contribution in [1.82, 2.24) is 4.90 Å². The predicted octanol–water partition coefficient (Wildman–Crippen LogP) is 2.93. The zero-order chi connectivity index (χ0) is 20.6. The number of ether oxygens (including phenoxy) is 3. The van der Waals surface area contributed by atoms with Crippen molar-refractivity contribution in [3.05, 3.63) is 23.3 Å². The van der Waals surface area contributed by atoms with Gasteiger partial charge in [0.2, 0.25) is 0 Å². The predicted molar refractivity (Wildman–Crippen MR) is 108 cm³/mol. The molecular weight excluding hydrogens is 372 g/mol. The number of hydrogen-bond acceptors (Lipinski definition) is 5. The van der Waals surface area contributed by atoms with Gasteiger partial charge < -0.3 is 24.0 Å². The minimum atomic E-state index is -0.508. The highest BCUT2D eigenvalue weighted by Crippen LogP contribution is 2.37. The normalized spacial score (nSPS) is 21.9. The van der Waals surface area contributed by atoms with Crippen LogP contribution in [0.25, 0.3) is 0 Å². The van der Waals surface area contributed by atoms with E-state index in [1.54, 1.807) is 4.90 Å². The number of fused-ring (bicyclic) bond motifs is 2. The minimum absolute atomic E-state index is 0.0306. The Morgan fingerprint density at radius 1 is 1.21 bits per heavy atom. The van der Waals surface area contributed by atoms with Crippen LogP contribution in [0.15, 0.2) is 12.1 Å². The number of carbonyl (C=O) groups is 2. The zero-order valence-electron chi connectivity index (χ0n) is 17.5. The summed E-state index contributed by atoms with van der Waals surface area (Å²) < 4.78 is 17.0. The highest BCUT2D eigenvalue weighted by molar-refractivity contribution is 5.98. The summed E-state index contributed by atoms with van der Waals surface area (Å²) in [5, 5.41) is 0. The Morgan fingerprint density at radius 3 is 2.59 bits per heavy atom. The Bertz CT molecular complexity index is 795. The molecule has 7 heteroatoms. The lowest BCUT2D eigenvalue weighted by Crippen LogP contribution is -2.43. The number of anilines is 1. The molecule has 1 saturated heterocycles. The van der Waals surface area contributed by atoms with Crippen molar-refractivity contribution < 1.29 is 23.8 Å². The number of nitrogens with zero attached hydrogens (tertiary/aromatic N) is 2. The number of hydrogen-bond donors (Lipinski definition) is 0. The first-order valence-electron chi connectivity index (χ1n) is 10.5. The van der Waals surface area contributed by atoms with Crippen molar-refractivity contribution in [2.75, 3.05) is 37.7 Å². The van der Waals surface area contributed by atoms with E-state index in [0.717, 1.165) is 49.3 Å². The molecule has 0 saturated carbocycles. The molecule has 0 bridgehead atoms. The SMILES string of the molecule is CC(C)(C)OC(=O)N1CCc2cc3c(cc2CC1)N(C[C@H]1CCCO1)C(=O)CO3. The first-order valence-corrected chi connectivity index (χ1v) is 10.5. The quantitative estimate of drug-likeness (QED) is 0.761. The van der Waals surface area contributed by atoms with Gasteiger partial charge in [-0.3, -0.25) is 4.79 Å². The molecule has 3 aliphatic heterocycles. The third-order valence-electron chi connectivity index (χ3n) is 5.59. The van der Waals surface area contributed by atoms with Crippen molar-refractivity contribution >= 4 is 17.7 Å². The molecule has 0 aromatic heterocycles. The van der Waals surface area contributed by atoms with Crippen LogP contribution < -0.4 is 9.64 Å². The molecule has 0 unspecified atom stereocenters. The number of amides is 2. The second kappa shape index (κ2) is 7.86. The van der Waals surface area contributed by atoms with Crippen molar-refractivity contribution in [1.29, 1.82) is 0 Å². The van der Waals surface area contributed by atoms with E-state index >= 15 is 0 Å². The van der Waals surface area contributed by atoms with E-state index in [2.05, 4.69) is 6.07 Å². The van der Waals surface area contributed by atoms with Gasteiger partial charge in [-0.15, -0.1) is 0 Å². The van der Waals surface area contributed by atoms with Gasteiger partial charge in [-0.1, -0.05) is 0 Å². The van der Waals surface area contributed by atoms with Crippen LogP contribution >= 0.6 is 0 Å². The summed E-state index contributed by atoms with van der Waals surface area (Å²) in [4.78, 5) is 28.6. The monoisotopic (exact) mass is 402 g/mol. The van der Waals surface area contributed by atoms with Crippen LogP contribution in [-0.2, 0) is 27.1 Å². The third-order valence-corrected chi connectivity index (χ3v) is 5.59. The van der Waals surface area contributed by atoms with Gasteiger partial charge in [-0.2, -0.15) is 0 Å². The van der Waals surface area contributed by atoms with Crippen LogP contribution in [0.3, 0.4) is 0 Å².